The minimum Gasteiger partial charge on any atom is -0.508 e. The van der Waals surface area contributed by atoms with E-state index in [0.29, 0.717) is 41.1 Å². The van der Waals surface area contributed by atoms with Crippen LogP contribution < -0.4 is 10.6 Å². The van der Waals surface area contributed by atoms with Crippen molar-refractivity contribution in [1.29, 1.82) is 0 Å². The van der Waals surface area contributed by atoms with Crippen molar-refractivity contribution in [2.24, 2.45) is 0 Å². The highest BCUT2D eigenvalue weighted by Gasteiger charge is 2.25. The highest BCUT2D eigenvalue weighted by molar-refractivity contribution is 6.04. The first-order valence-electron chi connectivity index (χ1n) is 13.6. The fraction of sp³-hybridized carbons (Fsp3) is 0.267. The lowest BCUT2D eigenvalue weighted by Crippen LogP contribution is -2.38. The maximum Gasteiger partial charge on any atom is 0.419 e. The zero-order valence-corrected chi connectivity index (χ0v) is 24.2. The van der Waals surface area contributed by atoms with Gasteiger partial charge in [-0.2, -0.15) is 5.10 Å². The largest absolute Gasteiger partial charge is 0.508 e. The summed E-state index contributed by atoms with van der Waals surface area (Å²) in [5, 5.41) is 19.6. The van der Waals surface area contributed by atoms with Gasteiger partial charge < -0.3 is 25.2 Å². The van der Waals surface area contributed by atoms with E-state index in [-0.39, 0.29) is 29.3 Å². The average molecular weight is 589 g/mol. The van der Waals surface area contributed by atoms with Crippen LogP contribution in [0.1, 0.15) is 62.5 Å². The van der Waals surface area contributed by atoms with Gasteiger partial charge in [-0.15, -0.1) is 0 Å². The number of carbonyl (C=O) groups excluding carboxylic acids is 4. The van der Waals surface area contributed by atoms with Crippen LogP contribution in [-0.2, 0) is 9.47 Å². The maximum atomic E-state index is 13.4. The van der Waals surface area contributed by atoms with Gasteiger partial charge in [0, 0.05) is 30.5 Å². The molecule has 0 saturated carbocycles. The number of aromatic hydroxyl groups is 1. The van der Waals surface area contributed by atoms with Gasteiger partial charge in [-0.05, 0) is 74.7 Å². The maximum absolute atomic E-state index is 13.4. The summed E-state index contributed by atoms with van der Waals surface area (Å²) in [7, 11) is 0. The predicted molar refractivity (Wildman–Crippen MR) is 156 cm³/mol. The third-order valence-electron chi connectivity index (χ3n) is 6.53. The molecule has 0 aliphatic heterocycles. The second kappa shape index (κ2) is 13.5. The molecule has 13 nitrogen and oxygen atoms in total. The summed E-state index contributed by atoms with van der Waals surface area (Å²) in [6.07, 6.45) is 2.48. The van der Waals surface area contributed by atoms with Gasteiger partial charge in [0.1, 0.15) is 17.6 Å². The molecule has 0 spiro atoms. The molecule has 0 atom stereocenters. The second-order valence-electron chi connectivity index (χ2n) is 9.55. The van der Waals surface area contributed by atoms with Gasteiger partial charge in [0.15, 0.2) is 5.82 Å². The standard InChI is InChI=1S/C30H32N6O7/c1-5-13-35(30(41)43-17-42-29(40)20-9-11-22(37)12-10-20)28(39)21-8-7-18(3)24(14-21)34-26-25-19(4)23(27(38)31-6-2)15-36(25)33-16-32-26/h7-12,14-16,37H,5-6,13,17H2,1-4H3,(H,31,38)(H,32,33,34). The Morgan fingerprint density at radius 1 is 1.00 bits per heavy atom. The van der Waals surface area contributed by atoms with Crippen LogP contribution in [0.3, 0.4) is 0 Å². The molecule has 4 rings (SSSR count). The van der Waals surface area contributed by atoms with E-state index < -0.39 is 24.8 Å². The van der Waals surface area contributed by atoms with Gasteiger partial charge in [-0.1, -0.05) is 13.0 Å². The van der Waals surface area contributed by atoms with E-state index in [9.17, 15) is 24.3 Å². The average Bonchev–Trinajstić information content (AvgIpc) is 3.34. The normalized spacial score (nSPS) is 10.7. The van der Waals surface area contributed by atoms with Crippen LogP contribution in [0.25, 0.3) is 5.52 Å². The highest BCUT2D eigenvalue weighted by Crippen LogP contribution is 2.28. The molecule has 3 amide bonds. The molecule has 0 saturated heterocycles. The number of aryl methyl sites for hydroxylation is 2. The van der Waals surface area contributed by atoms with Crippen molar-refractivity contribution in [1.82, 2.24) is 24.8 Å². The first-order chi connectivity index (χ1) is 20.6. The van der Waals surface area contributed by atoms with Gasteiger partial charge >= 0.3 is 12.1 Å². The Kier molecular flexibility index (Phi) is 9.55. The number of esters is 1. The molecule has 2 aromatic carbocycles. The summed E-state index contributed by atoms with van der Waals surface area (Å²) in [4.78, 5) is 56.3. The van der Waals surface area contributed by atoms with Crippen molar-refractivity contribution in [2.45, 2.75) is 34.1 Å². The predicted octanol–water partition coefficient (Wildman–Crippen LogP) is 4.35. The summed E-state index contributed by atoms with van der Waals surface area (Å²) in [6, 6.07) is 10.3. The molecule has 0 unspecified atom stereocenters. The van der Waals surface area contributed by atoms with Gasteiger partial charge in [-0.3, -0.25) is 9.59 Å². The molecule has 224 valence electrons. The van der Waals surface area contributed by atoms with E-state index in [2.05, 4.69) is 20.7 Å². The zero-order chi connectivity index (χ0) is 31.1. The number of aromatic nitrogens is 3. The number of phenols is 1. The summed E-state index contributed by atoms with van der Waals surface area (Å²) < 4.78 is 11.6. The van der Waals surface area contributed by atoms with Crippen molar-refractivity contribution in [3.05, 3.63) is 82.8 Å². The smallest absolute Gasteiger partial charge is 0.419 e. The quantitative estimate of drug-likeness (QED) is 0.179. The number of phenolic OH excluding ortho intramolecular Hbond substituents is 1. The Hall–Kier alpha value is -5.46. The molecule has 0 aliphatic rings. The monoisotopic (exact) mass is 588 g/mol. The number of rotatable bonds is 10. The third-order valence-corrected chi connectivity index (χ3v) is 6.53. The highest BCUT2D eigenvalue weighted by atomic mass is 16.7. The first-order valence-corrected chi connectivity index (χ1v) is 13.6. The Bertz CT molecular complexity index is 1670. The molecular formula is C30H32N6O7. The van der Waals surface area contributed by atoms with E-state index in [1.807, 2.05) is 13.8 Å². The molecule has 2 aromatic heterocycles. The van der Waals surface area contributed by atoms with Crippen LogP contribution in [-0.4, -0.2) is 68.4 Å². The zero-order valence-electron chi connectivity index (χ0n) is 24.2. The fourth-order valence-electron chi connectivity index (χ4n) is 4.30. The van der Waals surface area contributed by atoms with Crippen LogP contribution in [0.5, 0.6) is 5.75 Å². The molecule has 0 aliphatic carbocycles. The van der Waals surface area contributed by atoms with Crippen molar-refractivity contribution >= 4 is 40.9 Å². The molecule has 3 N–H and O–H groups in total. The lowest BCUT2D eigenvalue weighted by atomic mass is 10.1. The summed E-state index contributed by atoms with van der Waals surface area (Å²) in [5.74, 6) is -1.17. The van der Waals surface area contributed by atoms with Crippen LogP contribution in [0.15, 0.2) is 55.0 Å². The number of nitrogens with zero attached hydrogens (tertiary/aromatic N) is 4. The van der Waals surface area contributed by atoms with Crippen LogP contribution in [0.2, 0.25) is 0 Å². The fourth-order valence-corrected chi connectivity index (χ4v) is 4.30. The molecule has 0 fully saturated rings. The van der Waals surface area contributed by atoms with E-state index in [1.54, 1.807) is 42.8 Å². The lowest BCUT2D eigenvalue weighted by molar-refractivity contribution is -0.0105. The number of anilines is 2. The van der Waals surface area contributed by atoms with E-state index in [0.717, 1.165) is 10.5 Å². The van der Waals surface area contributed by atoms with Crippen molar-refractivity contribution in [3.63, 3.8) is 0 Å². The number of benzene rings is 2. The van der Waals surface area contributed by atoms with Crippen molar-refractivity contribution < 1.29 is 33.8 Å². The molecular weight excluding hydrogens is 556 g/mol. The molecule has 0 radical (unpaired) electrons. The number of amides is 3. The number of imide groups is 1. The van der Waals surface area contributed by atoms with E-state index in [4.69, 9.17) is 9.47 Å². The van der Waals surface area contributed by atoms with Crippen LogP contribution in [0.4, 0.5) is 16.3 Å². The molecule has 4 aromatic rings. The minimum atomic E-state index is -0.973. The van der Waals surface area contributed by atoms with Crippen molar-refractivity contribution in [3.8, 4) is 5.75 Å². The molecule has 0 bridgehead atoms. The number of carbonyl (C=O) groups is 4. The Balaban J connectivity index is 1.51. The molecule has 43 heavy (non-hydrogen) atoms. The Labute approximate surface area is 247 Å². The Morgan fingerprint density at radius 3 is 2.42 bits per heavy atom. The SMILES string of the molecule is CCCN(C(=O)OCOC(=O)c1ccc(O)cc1)C(=O)c1ccc(C)c(Nc2ncnn3cc(C(=O)NCC)c(C)c23)c1. The number of hydrogen-bond donors (Lipinski definition) is 3. The number of fused-ring (bicyclic) bond motifs is 1. The number of nitrogens with one attached hydrogen (secondary N) is 2. The van der Waals surface area contributed by atoms with Gasteiger partial charge in [0.05, 0.1) is 11.1 Å². The Morgan fingerprint density at radius 2 is 1.72 bits per heavy atom. The third kappa shape index (κ3) is 6.89. The lowest BCUT2D eigenvalue weighted by Gasteiger charge is -2.20. The number of ether oxygens (including phenoxy) is 2. The summed E-state index contributed by atoms with van der Waals surface area (Å²) in [6.45, 7) is 7.13. The first kappa shape index (κ1) is 30.5. The summed E-state index contributed by atoms with van der Waals surface area (Å²) >= 11 is 0. The van der Waals surface area contributed by atoms with E-state index >= 15 is 0 Å². The van der Waals surface area contributed by atoms with E-state index in [1.165, 1.54) is 30.6 Å². The van der Waals surface area contributed by atoms with Gasteiger partial charge in [-0.25, -0.2) is 24.0 Å². The van der Waals surface area contributed by atoms with Crippen LogP contribution >= 0.6 is 0 Å². The molecule has 13 heteroatoms. The summed E-state index contributed by atoms with van der Waals surface area (Å²) in [5.41, 5.74) is 3.46. The minimum absolute atomic E-state index is 0.0120. The topological polar surface area (TPSA) is 164 Å². The van der Waals surface area contributed by atoms with Gasteiger partial charge in [0.25, 0.3) is 11.8 Å². The second-order valence-corrected chi connectivity index (χ2v) is 9.55. The molecule has 2 heterocycles. The van der Waals surface area contributed by atoms with Crippen LogP contribution in [0, 0.1) is 13.8 Å². The van der Waals surface area contributed by atoms with Gasteiger partial charge in [0.2, 0.25) is 6.79 Å². The number of hydrogen-bond acceptors (Lipinski definition) is 10. The van der Waals surface area contributed by atoms with Crippen molar-refractivity contribution in [2.75, 3.05) is 25.2 Å².